The summed E-state index contributed by atoms with van der Waals surface area (Å²) in [6.45, 7) is 3.97. The van der Waals surface area contributed by atoms with Gasteiger partial charge in [-0.05, 0) is 41.6 Å². The van der Waals surface area contributed by atoms with Crippen LogP contribution in [0, 0.1) is 5.92 Å². The van der Waals surface area contributed by atoms with E-state index in [0.29, 0.717) is 5.02 Å². The van der Waals surface area contributed by atoms with E-state index in [2.05, 4.69) is 5.32 Å². The summed E-state index contributed by atoms with van der Waals surface area (Å²) >= 11 is 7.29. The van der Waals surface area contributed by atoms with Crippen LogP contribution >= 0.6 is 22.9 Å². The molecule has 0 radical (unpaired) electrons. The summed E-state index contributed by atoms with van der Waals surface area (Å²) in [4.78, 5) is 13.3. The number of nitrogens with one attached hydrogen (secondary N) is 1. The van der Waals surface area contributed by atoms with E-state index in [0.717, 1.165) is 4.88 Å². The van der Waals surface area contributed by atoms with Gasteiger partial charge in [0.2, 0.25) is 5.91 Å². The van der Waals surface area contributed by atoms with E-state index in [4.69, 9.17) is 11.6 Å². The number of sulfone groups is 1. The second-order valence-electron chi connectivity index (χ2n) is 5.52. The third kappa shape index (κ3) is 4.80. The third-order valence-electron chi connectivity index (χ3n) is 3.33. The molecule has 2 aromatic rings. The lowest BCUT2D eigenvalue weighted by molar-refractivity contribution is -0.119. The fraction of sp³-hybridized carbons (Fsp3) is 0.312. The summed E-state index contributed by atoms with van der Waals surface area (Å²) in [6.07, 6.45) is 0. The number of rotatable bonds is 6. The van der Waals surface area contributed by atoms with Crippen LogP contribution in [0.5, 0.6) is 0 Å². The highest BCUT2D eigenvalue weighted by molar-refractivity contribution is 7.92. The predicted molar refractivity (Wildman–Crippen MR) is 93.5 cm³/mol. The van der Waals surface area contributed by atoms with Crippen molar-refractivity contribution in [3.8, 4) is 0 Å². The fourth-order valence-electron chi connectivity index (χ4n) is 2.15. The van der Waals surface area contributed by atoms with Crippen LogP contribution in [0.3, 0.4) is 0 Å². The molecule has 1 atom stereocenters. The summed E-state index contributed by atoms with van der Waals surface area (Å²) in [7, 11) is -3.68. The zero-order chi connectivity index (χ0) is 17.0. The number of amides is 1. The fourth-order valence-corrected chi connectivity index (χ4v) is 4.37. The van der Waals surface area contributed by atoms with E-state index < -0.39 is 21.5 Å². The first-order chi connectivity index (χ1) is 10.8. The van der Waals surface area contributed by atoms with Gasteiger partial charge in [0.15, 0.2) is 9.84 Å². The van der Waals surface area contributed by atoms with Crippen molar-refractivity contribution in [2.75, 3.05) is 5.75 Å². The molecule has 124 valence electrons. The zero-order valence-electron chi connectivity index (χ0n) is 12.8. The average molecular weight is 372 g/mol. The van der Waals surface area contributed by atoms with Crippen LogP contribution in [0.2, 0.25) is 5.02 Å². The molecule has 0 fully saturated rings. The minimum Gasteiger partial charge on any atom is -0.347 e. The van der Waals surface area contributed by atoms with E-state index in [1.165, 1.54) is 35.6 Å². The topological polar surface area (TPSA) is 63.2 Å². The van der Waals surface area contributed by atoms with Crippen molar-refractivity contribution in [2.45, 2.75) is 24.8 Å². The molecule has 4 nitrogen and oxygen atoms in total. The van der Waals surface area contributed by atoms with E-state index in [9.17, 15) is 13.2 Å². The first kappa shape index (κ1) is 18.0. The van der Waals surface area contributed by atoms with Crippen molar-refractivity contribution in [3.63, 3.8) is 0 Å². The molecule has 1 heterocycles. The summed E-state index contributed by atoms with van der Waals surface area (Å²) in [5.74, 6) is -0.925. The molecule has 0 aliphatic heterocycles. The number of hydrogen-bond donors (Lipinski definition) is 1. The summed E-state index contributed by atoms with van der Waals surface area (Å²) < 4.78 is 24.6. The Labute approximate surface area is 145 Å². The number of benzene rings is 1. The monoisotopic (exact) mass is 371 g/mol. The Bertz CT molecular complexity index is 753. The lowest BCUT2D eigenvalue weighted by Gasteiger charge is -2.21. The molecule has 7 heteroatoms. The summed E-state index contributed by atoms with van der Waals surface area (Å²) in [5.41, 5.74) is 0. The molecule has 1 aromatic carbocycles. The van der Waals surface area contributed by atoms with Gasteiger partial charge in [-0.1, -0.05) is 31.5 Å². The maximum absolute atomic E-state index is 12.3. The summed E-state index contributed by atoms with van der Waals surface area (Å²) in [5, 5.41) is 5.20. The lowest BCUT2D eigenvalue weighted by Crippen LogP contribution is -2.35. The van der Waals surface area contributed by atoms with Crippen LogP contribution in [0.15, 0.2) is 46.7 Å². The molecule has 1 aromatic heterocycles. The van der Waals surface area contributed by atoms with Gasteiger partial charge in [0.05, 0.1) is 10.9 Å². The molecule has 0 aliphatic carbocycles. The average Bonchev–Trinajstić information content (AvgIpc) is 2.98. The van der Waals surface area contributed by atoms with Gasteiger partial charge in [0, 0.05) is 9.90 Å². The van der Waals surface area contributed by atoms with Gasteiger partial charge in [0.1, 0.15) is 5.75 Å². The molecule has 0 bridgehead atoms. The highest BCUT2D eigenvalue weighted by atomic mass is 35.5. The molecule has 2 rings (SSSR count). The maximum atomic E-state index is 12.3. The second kappa shape index (κ2) is 7.47. The van der Waals surface area contributed by atoms with Gasteiger partial charge < -0.3 is 5.32 Å². The molecular formula is C16H18ClNO3S2. The normalized spacial score (nSPS) is 13.0. The summed E-state index contributed by atoms with van der Waals surface area (Å²) in [6, 6.07) is 9.45. The Hall–Kier alpha value is -1.37. The smallest absolute Gasteiger partial charge is 0.236 e. The Balaban J connectivity index is 2.10. The number of carbonyl (C=O) groups excluding carboxylic acids is 1. The molecule has 0 spiro atoms. The predicted octanol–water partition coefficient (Wildman–Crippen LogP) is 3.69. The number of hydrogen-bond acceptors (Lipinski definition) is 4. The number of halogens is 1. The van der Waals surface area contributed by atoms with Gasteiger partial charge in [-0.25, -0.2) is 8.42 Å². The maximum Gasteiger partial charge on any atom is 0.236 e. The SMILES string of the molecule is CC(C)C(NC(=O)CS(=O)(=O)c1ccc(Cl)cc1)c1cccs1. The molecule has 0 saturated carbocycles. The van der Waals surface area contributed by atoms with Gasteiger partial charge in [-0.2, -0.15) is 0 Å². The van der Waals surface area contributed by atoms with Crippen LogP contribution < -0.4 is 5.32 Å². The van der Waals surface area contributed by atoms with Crippen molar-refractivity contribution in [3.05, 3.63) is 51.7 Å². The Morgan fingerprint density at radius 3 is 2.39 bits per heavy atom. The van der Waals surface area contributed by atoms with Gasteiger partial charge in [-0.15, -0.1) is 11.3 Å². The van der Waals surface area contributed by atoms with Crippen molar-refractivity contribution in [1.82, 2.24) is 5.32 Å². The number of thiophene rings is 1. The van der Waals surface area contributed by atoms with Crippen LogP contribution in [-0.4, -0.2) is 20.1 Å². The van der Waals surface area contributed by atoms with Gasteiger partial charge >= 0.3 is 0 Å². The molecule has 23 heavy (non-hydrogen) atoms. The minimum atomic E-state index is -3.68. The lowest BCUT2D eigenvalue weighted by atomic mass is 10.0. The Morgan fingerprint density at radius 1 is 1.22 bits per heavy atom. The quantitative estimate of drug-likeness (QED) is 0.842. The first-order valence-electron chi connectivity index (χ1n) is 7.10. The van der Waals surface area contributed by atoms with Crippen LogP contribution in [0.25, 0.3) is 0 Å². The standard InChI is InChI=1S/C16H18ClNO3S2/c1-11(2)16(14-4-3-9-22-14)18-15(19)10-23(20,21)13-7-5-12(17)6-8-13/h3-9,11,16H,10H2,1-2H3,(H,18,19). The molecular weight excluding hydrogens is 354 g/mol. The second-order valence-corrected chi connectivity index (χ2v) is 8.92. The first-order valence-corrected chi connectivity index (χ1v) is 10.0. The largest absolute Gasteiger partial charge is 0.347 e. The van der Waals surface area contributed by atoms with Gasteiger partial charge in [0.25, 0.3) is 0 Å². The van der Waals surface area contributed by atoms with Crippen LogP contribution in [0.4, 0.5) is 0 Å². The zero-order valence-corrected chi connectivity index (χ0v) is 15.2. The third-order valence-corrected chi connectivity index (χ3v) is 6.17. The van der Waals surface area contributed by atoms with E-state index in [1.54, 1.807) is 0 Å². The Morgan fingerprint density at radius 2 is 1.87 bits per heavy atom. The highest BCUT2D eigenvalue weighted by Crippen LogP contribution is 2.26. The van der Waals surface area contributed by atoms with E-state index in [-0.39, 0.29) is 16.9 Å². The molecule has 0 aliphatic rings. The Kier molecular flexibility index (Phi) is 5.84. The molecule has 1 unspecified atom stereocenters. The van der Waals surface area contributed by atoms with E-state index >= 15 is 0 Å². The molecule has 1 amide bonds. The van der Waals surface area contributed by atoms with Crippen molar-refractivity contribution in [1.29, 1.82) is 0 Å². The molecule has 1 N–H and O–H groups in total. The van der Waals surface area contributed by atoms with Crippen molar-refractivity contribution < 1.29 is 13.2 Å². The van der Waals surface area contributed by atoms with Crippen molar-refractivity contribution in [2.24, 2.45) is 5.92 Å². The molecule has 0 saturated heterocycles. The highest BCUT2D eigenvalue weighted by Gasteiger charge is 2.24. The van der Waals surface area contributed by atoms with Crippen molar-refractivity contribution >= 4 is 38.7 Å². The van der Waals surface area contributed by atoms with Crippen LogP contribution in [-0.2, 0) is 14.6 Å². The van der Waals surface area contributed by atoms with E-state index in [1.807, 2.05) is 31.4 Å². The minimum absolute atomic E-state index is 0.0919. The van der Waals surface area contributed by atoms with Gasteiger partial charge in [-0.3, -0.25) is 4.79 Å². The van der Waals surface area contributed by atoms with Crippen LogP contribution in [0.1, 0.15) is 24.8 Å². The number of carbonyl (C=O) groups is 1.